The summed E-state index contributed by atoms with van der Waals surface area (Å²) in [5.41, 5.74) is 9.78. The van der Waals surface area contributed by atoms with Crippen molar-refractivity contribution in [3.8, 4) is 0 Å². The lowest BCUT2D eigenvalue weighted by Crippen LogP contribution is -2.35. The van der Waals surface area contributed by atoms with Crippen LogP contribution in [0.2, 0.25) is 0 Å². The maximum atomic E-state index is 13.6. The Bertz CT molecular complexity index is 1260. The van der Waals surface area contributed by atoms with Crippen molar-refractivity contribution < 1.29 is 4.79 Å². The number of nitrogens with two attached hydrogens (primary N) is 1. The second kappa shape index (κ2) is 12.8. The van der Waals surface area contributed by atoms with Crippen molar-refractivity contribution in [2.45, 2.75) is 19.5 Å². The predicted molar refractivity (Wildman–Crippen MR) is 149 cm³/mol. The van der Waals surface area contributed by atoms with Crippen molar-refractivity contribution in [1.29, 1.82) is 0 Å². The number of rotatable bonds is 5. The molecule has 1 aliphatic rings. The average molecular weight is 535 g/mol. The van der Waals surface area contributed by atoms with E-state index in [0.29, 0.717) is 26.2 Å². The molecule has 0 saturated heterocycles. The molecular weight excluding hydrogens is 505 g/mol. The van der Waals surface area contributed by atoms with Gasteiger partial charge in [0.2, 0.25) is 0 Å². The first kappa shape index (κ1) is 28.5. The van der Waals surface area contributed by atoms with Gasteiger partial charge in [0.1, 0.15) is 5.82 Å². The van der Waals surface area contributed by atoms with E-state index in [-0.39, 0.29) is 43.1 Å². The van der Waals surface area contributed by atoms with E-state index in [0.717, 1.165) is 52.1 Å². The standard InChI is InChI=1S/C26H27N5O.3ClH/c27-13-12-25-28-16-21(29-25)18-30-14-15-31(17-20-7-2-4-11-24(20)30)26(32)23-10-5-8-19-6-1-3-9-22(19)23;;;/h1-11,16H,12-15,17-18,27H2,(H,28,29);3*1H. The highest BCUT2D eigenvalue weighted by Gasteiger charge is 2.25. The third-order valence-corrected chi connectivity index (χ3v) is 6.06. The number of hydrogen-bond acceptors (Lipinski definition) is 4. The Labute approximate surface area is 224 Å². The number of carbonyl (C=O) groups is 1. The number of fused-ring (bicyclic) bond motifs is 2. The summed E-state index contributed by atoms with van der Waals surface area (Å²) in [6.45, 7) is 3.28. The molecule has 4 aromatic rings. The zero-order chi connectivity index (χ0) is 21.9. The number of aromatic nitrogens is 2. The SMILES string of the molecule is Cl.Cl.Cl.NCCc1ncc(CN2CCN(C(=O)c3cccc4ccccc34)Cc3ccccc32)[nH]1. The van der Waals surface area contributed by atoms with Gasteiger partial charge in [-0.25, -0.2) is 4.98 Å². The van der Waals surface area contributed by atoms with Crippen LogP contribution in [0.3, 0.4) is 0 Å². The monoisotopic (exact) mass is 533 g/mol. The molecule has 0 fully saturated rings. The Morgan fingerprint density at radius 2 is 1.69 bits per heavy atom. The quantitative estimate of drug-likeness (QED) is 0.378. The van der Waals surface area contributed by atoms with Gasteiger partial charge in [-0.1, -0.05) is 54.6 Å². The molecule has 1 aromatic heterocycles. The lowest BCUT2D eigenvalue weighted by molar-refractivity contribution is 0.0753. The molecule has 5 rings (SSSR count). The van der Waals surface area contributed by atoms with Gasteiger partial charge < -0.3 is 20.5 Å². The van der Waals surface area contributed by atoms with Crippen LogP contribution in [0.25, 0.3) is 10.8 Å². The Kier molecular flexibility index (Phi) is 10.4. The highest BCUT2D eigenvalue weighted by Crippen LogP contribution is 2.28. The van der Waals surface area contributed by atoms with Crippen molar-refractivity contribution in [2.75, 3.05) is 24.5 Å². The second-order valence-electron chi connectivity index (χ2n) is 8.20. The van der Waals surface area contributed by atoms with E-state index in [1.807, 2.05) is 47.5 Å². The summed E-state index contributed by atoms with van der Waals surface area (Å²) in [6, 6.07) is 22.4. The van der Waals surface area contributed by atoms with Gasteiger partial charge in [0.05, 0.1) is 18.4 Å². The molecule has 35 heavy (non-hydrogen) atoms. The van der Waals surface area contributed by atoms with Gasteiger partial charge in [-0.05, 0) is 35.0 Å². The van der Waals surface area contributed by atoms with Crippen molar-refractivity contribution in [3.63, 3.8) is 0 Å². The summed E-state index contributed by atoms with van der Waals surface area (Å²) < 4.78 is 0. The number of halogens is 3. The van der Waals surface area contributed by atoms with Crippen LogP contribution >= 0.6 is 37.2 Å². The van der Waals surface area contributed by atoms with Gasteiger partial charge >= 0.3 is 0 Å². The molecule has 0 radical (unpaired) electrons. The number of nitrogens with one attached hydrogen (secondary N) is 1. The largest absolute Gasteiger partial charge is 0.364 e. The Morgan fingerprint density at radius 1 is 0.943 bits per heavy atom. The molecule has 0 aliphatic carbocycles. The minimum atomic E-state index is 0. The lowest BCUT2D eigenvalue weighted by Gasteiger charge is -2.24. The van der Waals surface area contributed by atoms with Crippen LogP contribution < -0.4 is 10.6 Å². The molecule has 3 N–H and O–H groups in total. The maximum Gasteiger partial charge on any atom is 0.254 e. The molecule has 0 spiro atoms. The molecule has 0 atom stereocenters. The molecule has 0 saturated carbocycles. The van der Waals surface area contributed by atoms with Gasteiger partial charge in [0.25, 0.3) is 5.91 Å². The first-order valence-electron chi connectivity index (χ1n) is 11.1. The van der Waals surface area contributed by atoms with Crippen molar-refractivity contribution in [2.24, 2.45) is 5.73 Å². The van der Waals surface area contributed by atoms with E-state index in [9.17, 15) is 4.79 Å². The normalized spacial score (nSPS) is 12.6. The Balaban J connectivity index is 0.00000144. The zero-order valence-electron chi connectivity index (χ0n) is 19.2. The van der Waals surface area contributed by atoms with Gasteiger partial charge in [-0.2, -0.15) is 0 Å². The summed E-state index contributed by atoms with van der Waals surface area (Å²) >= 11 is 0. The van der Waals surface area contributed by atoms with Gasteiger partial charge in [-0.3, -0.25) is 4.79 Å². The zero-order valence-corrected chi connectivity index (χ0v) is 21.7. The number of aromatic amines is 1. The van der Waals surface area contributed by atoms with Gasteiger partial charge in [0.15, 0.2) is 0 Å². The molecule has 1 aliphatic heterocycles. The molecular formula is C26H30Cl3N5O. The topological polar surface area (TPSA) is 78.2 Å². The first-order chi connectivity index (χ1) is 15.7. The number of benzene rings is 3. The number of carbonyl (C=O) groups excluding carboxylic acids is 1. The molecule has 1 amide bonds. The molecule has 0 unspecified atom stereocenters. The predicted octanol–water partition coefficient (Wildman–Crippen LogP) is 4.99. The van der Waals surface area contributed by atoms with E-state index in [1.165, 1.54) is 0 Å². The molecule has 3 aromatic carbocycles. The molecule has 9 heteroatoms. The third kappa shape index (κ3) is 6.08. The number of para-hydroxylation sites is 1. The fourth-order valence-corrected chi connectivity index (χ4v) is 4.47. The highest BCUT2D eigenvalue weighted by atomic mass is 35.5. The van der Waals surface area contributed by atoms with E-state index in [1.54, 1.807) is 0 Å². The van der Waals surface area contributed by atoms with Crippen LogP contribution in [0.5, 0.6) is 0 Å². The number of H-pyrrole nitrogens is 1. The number of imidazole rings is 1. The van der Waals surface area contributed by atoms with Crippen LogP contribution in [0.1, 0.15) is 27.4 Å². The third-order valence-electron chi connectivity index (χ3n) is 6.06. The smallest absolute Gasteiger partial charge is 0.254 e. The van der Waals surface area contributed by atoms with Gasteiger partial charge in [0, 0.05) is 37.3 Å². The molecule has 2 heterocycles. The van der Waals surface area contributed by atoms with E-state index in [2.05, 4.69) is 45.2 Å². The van der Waals surface area contributed by atoms with Crippen molar-refractivity contribution in [3.05, 3.63) is 95.6 Å². The summed E-state index contributed by atoms with van der Waals surface area (Å²) in [4.78, 5) is 25.7. The summed E-state index contributed by atoms with van der Waals surface area (Å²) in [5.74, 6) is 0.989. The van der Waals surface area contributed by atoms with Crippen LogP contribution in [0.15, 0.2) is 72.9 Å². The van der Waals surface area contributed by atoms with Crippen LogP contribution in [-0.4, -0.2) is 40.4 Å². The minimum Gasteiger partial charge on any atom is -0.364 e. The summed E-state index contributed by atoms with van der Waals surface area (Å²) in [5, 5.41) is 2.09. The number of nitrogens with zero attached hydrogens (tertiary/aromatic N) is 3. The molecule has 186 valence electrons. The first-order valence-corrected chi connectivity index (χ1v) is 11.1. The van der Waals surface area contributed by atoms with Gasteiger partial charge in [-0.15, -0.1) is 37.2 Å². The lowest BCUT2D eigenvalue weighted by atomic mass is 10.0. The molecule has 0 bridgehead atoms. The van der Waals surface area contributed by atoms with Crippen molar-refractivity contribution >= 4 is 59.6 Å². The minimum absolute atomic E-state index is 0. The molecule has 6 nitrogen and oxygen atoms in total. The Morgan fingerprint density at radius 3 is 2.51 bits per heavy atom. The van der Waals surface area contributed by atoms with Crippen LogP contribution in [-0.2, 0) is 19.5 Å². The van der Waals surface area contributed by atoms with Crippen LogP contribution in [0, 0.1) is 0 Å². The van der Waals surface area contributed by atoms with E-state index >= 15 is 0 Å². The van der Waals surface area contributed by atoms with E-state index in [4.69, 9.17) is 5.73 Å². The maximum absolute atomic E-state index is 13.6. The number of amides is 1. The summed E-state index contributed by atoms with van der Waals surface area (Å²) in [6.07, 6.45) is 2.63. The second-order valence-corrected chi connectivity index (χ2v) is 8.20. The summed E-state index contributed by atoms with van der Waals surface area (Å²) in [7, 11) is 0. The van der Waals surface area contributed by atoms with Crippen molar-refractivity contribution in [1.82, 2.24) is 14.9 Å². The van der Waals surface area contributed by atoms with Crippen LogP contribution in [0.4, 0.5) is 5.69 Å². The number of anilines is 1. The fourth-order valence-electron chi connectivity index (χ4n) is 4.47. The Hall–Kier alpha value is -2.77. The van der Waals surface area contributed by atoms with E-state index < -0.39 is 0 Å². The fraction of sp³-hybridized carbons (Fsp3) is 0.231. The highest BCUT2D eigenvalue weighted by molar-refractivity contribution is 6.07. The average Bonchev–Trinajstić information content (AvgIpc) is 3.18. The number of hydrogen-bond donors (Lipinski definition) is 2.